The van der Waals surface area contributed by atoms with Crippen LogP contribution in [-0.4, -0.2) is 40.0 Å². The Morgan fingerprint density at radius 3 is 2.56 bits per heavy atom. The average molecular weight is 486 g/mol. The molecule has 0 aliphatic carbocycles. The summed E-state index contributed by atoms with van der Waals surface area (Å²) in [6.07, 6.45) is 1.58. The number of hydrogen-bond donors (Lipinski definition) is 0. The number of fused-ring (bicyclic) bond motifs is 1. The van der Waals surface area contributed by atoms with Gasteiger partial charge in [0, 0.05) is 30.6 Å². The second-order valence-corrected chi connectivity index (χ2v) is 9.16. The van der Waals surface area contributed by atoms with Crippen LogP contribution in [0.3, 0.4) is 0 Å². The van der Waals surface area contributed by atoms with E-state index >= 15 is 0 Å². The molecule has 32 heavy (non-hydrogen) atoms. The van der Waals surface area contributed by atoms with Crippen molar-refractivity contribution in [1.29, 1.82) is 0 Å². The number of thiocarbonyl (C=S) groups is 1. The lowest BCUT2D eigenvalue weighted by molar-refractivity contribution is -0.130. The summed E-state index contributed by atoms with van der Waals surface area (Å²) in [6.45, 7) is 7.48. The van der Waals surface area contributed by atoms with E-state index in [2.05, 4.69) is 34.0 Å². The monoisotopic (exact) mass is 485 g/mol. The van der Waals surface area contributed by atoms with Crippen molar-refractivity contribution in [1.82, 2.24) is 9.88 Å². The summed E-state index contributed by atoms with van der Waals surface area (Å²) in [4.78, 5) is 33.2. The van der Waals surface area contributed by atoms with E-state index in [-0.39, 0.29) is 16.8 Å². The largest absolute Gasteiger partial charge is 0.393 e. The molecule has 1 saturated heterocycles. The Hall–Kier alpha value is -3.02. The molecule has 1 aliphatic heterocycles. The summed E-state index contributed by atoms with van der Waals surface area (Å²) in [5.41, 5.74) is 2.01. The van der Waals surface area contributed by atoms with Gasteiger partial charge in [-0.1, -0.05) is 11.3 Å². The number of amides is 1. The van der Waals surface area contributed by atoms with Gasteiger partial charge in [-0.3, -0.25) is 4.79 Å². The van der Waals surface area contributed by atoms with Gasteiger partial charge in [0.2, 0.25) is 11.0 Å². The fourth-order valence-corrected chi connectivity index (χ4v) is 5.48. The molecule has 164 valence electrons. The number of cyclic esters (lactones) is 1. The van der Waals surface area contributed by atoms with Crippen LogP contribution in [-0.2, 0) is 14.3 Å². The number of nitrogens with zero attached hydrogens (tertiary/aromatic N) is 5. The number of aromatic nitrogens is 1. The molecule has 0 N–H and O–H groups in total. The van der Waals surface area contributed by atoms with E-state index in [9.17, 15) is 9.59 Å². The second-order valence-electron chi connectivity index (χ2n) is 6.74. The highest BCUT2D eigenvalue weighted by Crippen LogP contribution is 2.36. The lowest BCUT2D eigenvalue weighted by atomic mass is 10.2. The van der Waals surface area contributed by atoms with E-state index in [0.29, 0.717) is 5.13 Å². The van der Waals surface area contributed by atoms with E-state index in [1.807, 2.05) is 30.3 Å². The number of azo groups is 1. The zero-order valence-electron chi connectivity index (χ0n) is 17.6. The molecule has 0 unspecified atom stereocenters. The molecule has 11 heteroatoms. The van der Waals surface area contributed by atoms with E-state index in [4.69, 9.17) is 17.0 Å². The van der Waals surface area contributed by atoms with Crippen LogP contribution in [0.4, 0.5) is 16.5 Å². The fourth-order valence-electron chi connectivity index (χ4n) is 3.20. The Morgan fingerprint density at radius 1 is 1.22 bits per heavy atom. The number of esters is 1. The van der Waals surface area contributed by atoms with Crippen molar-refractivity contribution in [2.45, 2.75) is 20.8 Å². The summed E-state index contributed by atoms with van der Waals surface area (Å²) >= 11 is 7.72. The molecular formula is C21H19N5O3S3. The number of hydrogen-bond acceptors (Lipinski definition) is 10. The Bertz CT molecular complexity index is 1220. The minimum atomic E-state index is -0.642. The van der Waals surface area contributed by atoms with Gasteiger partial charge >= 0.3 is 5.97 Å². The van der Waals surface area contributed by atoms with Crippen LogP contribution in [0.25, 0.3) is 15.6 Å². The zero-order chi connectivity index (χ0) is 22.8. The number of thiazole rings is 1. The van der Waals surface area contributed by atoms with Crippen molar-refractivity contribution < 1.29 is 14.3 Å². The second kappa shape index (κ2) is 9.23. The summed E-state index contributed by atoms with van der Waals surface area (Å²) in [6, 6.07) is 9.82. The van der Waals surface area contributed by atoms with Crippen LogP contribution < -0.4 is 4.90 Å². The number of benzene rings is 1. The maximum atomic E-state index is 12.0. The van der Waals surface area contributed by atoms with Gasteiger partial charge in [-0.25, -0.2) is 14.7 Å². The first-order valence-electron chi connectivity index (χ1n) is 9.85. The molecule has 1 aromatic carbocycles. The van der Waals surface area contributed by atoms with Crippen LogP contribution in [0.2, 0.25) is 0 Å². The number of carbonyl (C=O) groups is 2. The van der Waals surface area contributed by atoms with Crippen molar-refractivity contribution in [3.8, 4) is 0 Å². The smallest absolute Gasteiger partial charge is 0.362 e. The SMILES string of the molecule is CCN(CC)c1ccc(/N=N/c2nc3sc(/C=C4\C(=O)OC(=S)N4C(C)=O)cc3s2)cc1. The van der Waals surface area contributed by atoms with Crippen molar-refractivity contribution in [3.05, 3.63) is 40.9 Å². The lowest BCUT2D eigenvalue weighted by Crippen LogP contribution is -2.27. The molecule has 3 heterocycles. The number of rotatable bonds is 6. The first-order valence-corrected chi connectivity index (χ1v) is 11.9. The molecule has 8 nitrogen and oxygen atoms in total. The number of thiophene rings is 1. The van der Waals surface area contributed by atoms with Crippen molar-refractivity contribution in [3.63, 3.8) is 0 Å². The van der Waals surface area contributed by atoms with E-state index in [1.54, 1.807) is 6.08 Å². The first kappa shape index (κ1) is 22.2. The number of anilines is 1. The Kier molecular flexibility index (Phi) is 6.40. The fraction of sp³-hybridized carbons (Fsp3) is 0.238. The first-order chi connectivity index (χ1) is 15.4. The quantitative estimate of drug-likeness (QED) is 0.194. The van der Waals surface area contributed by atoms with Gasteiger partial charge in [0.05, 0.1) is 10.4 Å². The number of ether oxygens (including phenoxy) is 1. The normalized spacial score (nSPS) is 15.3. The third-order valence-electron chi connectivity index (χ3n) is 4.73. The van der Waals surface area contributed by atoms with Gasteiger partial charge in [0.25, 0.3) is 5.17 Å². The third kappa shape index (κ3) is 4.45. The van der Waals surface area contributed by atoms with E-state index < -0.39 is 5.97 Å². The van der Waals surface area contributed by atoms with Gasteiger partial charge < -0.3 is 9.64 Å². The predicted octanol–water partition coefficient (Wildman–Crippen LogP) is 5.65. The molecule has 1 fully saturated rings. The molecule has 0 bridgehead atoms. The Balaban J connectivity index is 1.51. The summed E-state index contributed by atoms with van der Waals surface area (Å²) in [5.74, 6) is -1.02. The third-order valence-corrected chi connectivity index (χ3v) is 6.99. The van der Waals surface area contributed by atoms with Gasteiger partial charge in [0.1, 0.15) is 10.5 Å². The molecule has 3 aromatic rings. The summed E-state index contributed by atoms with van der Waals surface area (Å²) in [5, 5.41) is 8.93. The van der Waals surface area contributed by atoms with Gasteiger partial charge in [-0.15, -0.1) is 21.6 Å². The molecule has 1 aliphatic rings. The molecule has 4 rings (SSSR count). The maximum absolute atomic E-state index is 12.0. The highest BCUT2D eigenvalue weighted by Gasteiger charge is 2.36. The van der Waals surface area contributed by atoms with Crippen LogP contribution in [0.15, 0.2) is 46.3 Å². The summed E-state index contributed by atoms with van der Waals surface area (Å²) in [7, 11) is 0. The van der Waals surface area contributed by atoms with Gasteiger partial charge in [-0.2, -0.15) is 0 Å². The van der Waals surface area contributed by atoms with E-state index in [1.165, 1.54) is 29.6 Å². The molecule has 2 aromatic heterocycles. The molecule has 0 atom stereocenters. The molecule has 0 spiro atoms. The highest BCUT2D eigenvalue weighted by atomic mass is 32.1. The maximum Gasteiger partial charge on any atom is 0.362 e. The predicted molar refractivity (Wildman–Crippen MR) is 131 cm³/mol. The minimum Gasteiger partial charge on any atom is -0.393 e. The Morgan fingerprint density at radius 2 is 1.94 bits per heavy atom. The molecule has 1 amide bonds. The van der Waals surface area contributed by atoms with Gasteiger partial charge in [-0.05, 0) is 62.5 Å². The van der Waals surface area contributed by atoms with Crippen molar-refractivity contribution >= 4 is 84.1 Å². The van der Waals surface area contributed by atoms with Crippen LogP contribution in [0.5, 0.6) is 0 Å². The summed E-state index contributed by atoms with van der Waals surface area (Å²) < 4.78 is 5.81. The highest BCUT2D eigenvalue weighted by molar-refractivity contribution is 7.80. The standard InChI is InChI=1S/C21H19N5O3S3/c1-4-25(5-2)14-8-6-13(7-9-14)23-24-20-22-18-17(32-20)11-15(31-18)10-16-19(28)29-21(30)26(16)12(3)27/h6-11H,4-5H2,1-3H3/b16-10+,24-23+. The Labute approximate surface area is 197 Å². The van der Waals surface area contributed by atoms with Crippen molar-refractivity contribution in [2.75, 3.05) is 18.0 Å². The topological polar surface area (TPSA) is 87.5 Å². The minimum absolute atomic E-state index is 0.101. The zero-order valence-corrected chi connectivity index (χ0v) is 20.0. The van der Waals surface area contributed by atoms with Crippen LogP contribution in [0, 0.1) is 0 Å². The van der Waals surface area contributed by atoms with E-state index in [0.717, 1.165) is 43.8 Å². The van der Waals surface area contributed by atoms with Crippen molar-refractivity contribution in [2.24, 2.45) is 10.2 Å². The van der Waals surface area contributed by atoms with Crippen LogP contribution >= 0.6 is 34.9 Å². The van der Waals surface area contributed by atoms with Gasteiger partial charge in [0.15, 0.2) is 0 Å². The molecule has 0 saturated carbocycles. The molecule has 0 radical (unpaired) electrons. The average Bonchev–Trinajstić information content (AvgIpc) is 3.39. The lowest BCUT2D eigenvalue weighted by Gasteiger charge is -2.20. The number of carbonyl (C=O) groups excluding carboxylic acids is 2. The molecular weight excluding hydrogens is 466 g/mol. The van der Waals surface area contributed by atoms with Crippen LogP contribution in [0.1, 0.15) is 25.6 Å².